The lowest BCUT2D eigenvalue weighted by atomic mass is 10.0. The first-order chi connectivity index (χ1) is 8.97. The van der Waals surface area contributed by atoms with Gasteiger partial charge in [0.2, 0.25) is 0 Å². The fourth-order valence-electron chi connectivity index (χ4n) is 1.73. The predicted octanol–water partition coefficient (Wildman–Crippen LogP) is 4.66. The van der Waals surface area contributed by atoms with E-state index in [1.807, 2.05) is 0 Å². The Balaban J connectivity index is 2.17. The van der Waals surface area contributed by atoms with Crippen LogP contribution >= 0.6 is 27.5 Å². The lowest BCUT2D eigenvalue weighted by Crippen LogP contribution is -2.02. The molecule has 0 aliphatic carbocycles. The Hall–Kier alpha value is -0.970. The molecule has 2 aromatic rings. The summed E-state index contributed by atoms with van der Waals surface area (Å²) in [4.78, 5) is 0. The van der Waals surface area contributed by atoms with Gasteiger partial charge in [0, 0.05) is 6.42 Å². The molecule has 100 valence electrons. The molecule has 0 aromatic heterocycles. The van der Waals surface area contributed by atoms with Crippen LogP contribution in [-0.4, -0.2) is 5.11 Å². The fraction of sp³-hybridized carbons (Fsp3) is 0.143. The van der Waals surface area contributed by atoms with Gasteiger partial charge in [0.1, 0.15) is 11.6 Å². The summed E-state index contributed by atoms with van der Waals surface area (Å²) < 4.78 is 26.4. The minimum atomic E-state index is -0.807. The third-order valence-electron chi connectivity index (χ3n) is 2.74. The van der Waals surface area contributed by atoms with Crippen molar-refractivity contribution in [3.63, 3.8) is 0 Å². The second-order valence-electron chi connectivity index (χ2n) is 4.14. The summed E-state index contributed by atoms with van der Waals surface area (Å²) >= 11 is 8.74. The maximum Gasteiger partial charge on any atom is 0.141 e. The Kier molecular flexibility index (Phi) is 4.55. The molecule has 19 heavy (non-hydrogen) atoms. The molecule has 0 heterocycles. The summed E-state index contributed by atoms with van der Waals surface area (Å²) in [5.41, 5.74) is 1.29. The van der Waals surface area contributed by atoms with Gasteiger partial charge >= 0.3 is 0 Å². The highest BCUT2D eigenvalue weighted by Gasteiger charge is 2.12. The molecule has 0 amide bonds. The van der Waals surface area contributed by atoms with Crippen molar-refractivity contribution in [1.82, 2.24) is 0 Å². The van der Waals surface area contributed by atoms with Crippen LogP contribution in [0.15, 0.2) is 40.9 Å². The first kappa shape index (κ1) is 14.4. The zero-order valence-electron chi connectivity index (χ0n) is 9.71. The first-order valence-corrected chi connectivity index (χ1v) is 6.71. The summed E-state index contributed by atoms with van der Waals surface area (Å²) in [6, 6.07) is 8.59. The molecular formula is C14H10BrClF2O. The Morgan fingerprint density at radius 3 is 2.42 bits per heavy atom. The molecule has 1 atom stereocenters. The van der Waals surface area contributed by atoms with Gasteiger partial charge < -0.3 is 5.11 Å². The lowest BCUT2D eigenvalue weighted by molar-refractivity contribution is 0.178. The van der Waals surface area contributed by atoms with E-state index in [-0.39, 0.29) is 17.3 Å². The van der Waals surface area contributed by atoms with Crippen molar-refractivity contribution in [2.45, 2.75) is 12.5 Å². The van der Waals surface area contributed by atoms with Gasteiger partial charge in [-0.15, -0.1) is 0 Å². The molecule has 0 aliphatic rings. The average molecular weight is 348 g/mol. The number of rotatable bonds is 3. The van der Waals surface area contributed by atoms with Crippen molar-refractivity contribution in [2.24, 2.45) is 0 Å². The van der Waals surface area contributed by atoms with E-state index in [0.717, 1.165) is 0 Å². The van der Waals surface area contributed by atoms with Gasteiger partial charge in [-0.1, -0.05) is 23.7 Å². The Morgan fingerprint density at radius 1 is 1.11 bits per heavy atom. The van der Waals surface area contributed by atoms with E-state index in [1.54, 1.807) is 6.07 Å². The summed E-state index contributed by atoms with van der Waals surface area (Å²) in [6.07, 6.45) is -0.531. The number of aliphatic hydroxyl groups is 1. The molecule has 2 rings (SSSR count). The normalized spacial score (nSPS) is 12.5. The van der Waals surface area contributed by atoms with Crippen LogP contribution in [-0.2, 0) is 6.42 Å². The van der Waals surface area contributed by atoms with Crippen molar-refractivity contribution >= 4 is 27.5 Å². The highest BCUT2D eigenvalue weighted by atomic mass is 79.9. The van der Waals surface area contributed by atoms with E-state index in [4.69, 9.17) is 11.6 Å². The molecule has 0 saturated carbocycles. The summed E-state index contributed by atoms with van der Waals surface area (Å²) in [5.74, 6) is -0.884. The van der Waals surface area contributed by atoms with E-state index >= 15 is 0 Å². The molecule has 1 nitrogen and oxygen atoms in total. The minimum absolute atomic E-state index is 0.0185. The summed E-state index contributed by atoms with van der Waals surface area (Å²) in [7, 11) is 0. The van der Waals surface area contributed by atoms with E-state index in [9.17, 15) is 13.9 Å². The van der Waals surface area contributed by atoms with Crippen molar-refractivity contribution in [2.75, 3.05) is 0 Å². The van der Waals surface area contributed by atoms with E-state index in [1.165, 1.54) is 30.3 Å². The van der Waals surface area contributed by atoms with E-state index in [2.05, 4.69) is 15.9 Å². The highest BCUT2D eigenvalue weighted by Crippen LogP contribution is 2.25. The number of hydrogen-bond acceptors (Lipinski definition) is 1. The smallest absolute Gasteiger partial charge is 0.141 e. The number of hydrogen-bond donors (Lipinski definition) is 1. The Bertz CT molecular complexity index is 604. The van der Waals surface area contributed by atoms with Gasteiger partial charge in [0.05, 0.1) is 15.6 Å². The van der Waals surface area contributed by atoms with Crippen molar-refractivity contribution in [3.8, 4) is 0 Å². The molecule has 5 heteroatoms. The van der Waals surface area contributed by atoms with Crippen molar-refractivity contribution in [1.29, 1.82) is 0 Å². The number of aliphatic hydroxyl groups excluding tert-OH is 1. The van der Waals surface area contributed by atoms with Crippen LogP contribution < -0.4 is 0 Å². The Labute approximate surface area is 123 Å². The van der Waals surface area contributed by atoms with Crippen LogP contribution in [0.25, 0.3) is 0 Å². The predicted molar refractivity (Wildman–Crippen MR) is 74.2 cm³/mol. The SMILES string of the molecule is OC(Cc1ccc(F)c(Cl)c1)c1ccc(F)c(Br)c1. The third-order valence-corrected chi connectivity index (χ3v) is 3.64. The lowest BCUT2D eigenvalue weighted by Gasteiger charge is -2.12. The van der Waals surface area contributed by atoms with Crippen LogP contribution in [0.1, 0.15) is 17.2 Å². The maximum absolute atomic E-state index is 13.1. The van der Waals surface area contributed by atoms with Crippen LogP contribution in [0.3, 0.4) is 0 Å². The highest BCUT2D eigenvalue weighted by molar-refractivity contribution is 9.10. The molecule has 2 aromatic carbocycles. The molecule has 0 fully saturated rings. The van der Waals surface area contributed by atoms with E-state index < -0.39 is 11.9 Å². The van der Waals surface area contributed by atoms with Gasteiger partial charge in [0.15, 0.2) is 0 Å². The molecule has 0 saturated heterocycles. The molecule has 1 unspecified atom stereocenters. The van der Waals surface area contributed by atoms with Crippen LogP contribution in [0.4, 0.5) is 8.78 Å². The van der Waals surface area contributed by atoms with Crippen LogP contribution in [0.2, 0.25) is 5.02 Å². The second kappa shape index (κ2) is 5.99. The van der Waals surface area contributed by atoms with E-state index in [0.29, 0.717) is 15.6 Å². The standard InChI is InChI=1S/C14H10BrClF2O/c15-10-7-9(2-4-12(10)17)14(19)6-8-1-3-13(18)11(16)5-8/h1-5,7,14,19H,6H2. The molecule has 0 bridgehead atoms. The number of halogens is 4. The zero-order valence-corrected chi connectivity index (χ0v) is 12.0. The van der Waals surface area contributed by atoms with Gasteiger partial charge in [-0.05, 0) is 51.3 Å². The minimum Gasteiger partial charge on any atom is -0.388 e. The quantitative estimate of drug-likeness (QED) is 0.856. The summed E-state index contributed by atoms with van der Waals surface area (Å²) in [6.45, 7) is 0. The molecule has 1 N–H and O–H groups in total. The average Bonchev–Trinajstić information content (AvgIpc) is 2.37. The van der Waals surface area contributed by atoms with Crippen LogP contribution in [0, 0.1) is 11.6 Å². The van der Waals surface area contributed by atoms with Crippen LogP contribution in [0.5, 0.6) is 0 Å². The molecule has 0 spiro atoms. The van der Waals surface area contributed by atoms with Gasteiger partial charge in [-0.2, -0.15) is 0 Å². The molecule has 0 radical (unpaired) electrons. The molecular weight excluding hydrogens is 338 g/mol. The second-order valence-corrected chi connectivity index (χ2v) is 5.40. The van der Waals surface area contributed by atoms with Gasteiger partial charge in [-0.3, -0.25) is 0 Å². The molecule has 0 aliphatic heterocycles. The summed E-state index contributed by atoms with van der Waals surface area (Å²) in [5, 5.41) is 10.1. The number of benzene rings is 2. The Morgan fingerprint density at radius 2 is 1.79 bits per heavy atom. The topological polar surface area (TPSA) is 20.2 Å². The van der Waals surface area contributed by atoms with Gasteiger partial charge in [-0.25, -0.2) is 8.78 Å². The first-order valence-electron chi connectivity index (χ1n) is 5.54. The van der Waals surface area contributed by atoms with Crippen molar-refractivity contribution in [3.05, 3.63) is 68.7 Å². The maximum atomic E-state index is 13.1. The van der Waals surface area contributed by atoms with Gasteiger partial charge in [0.25, 0.3) is 0 Å². The zero-order chi connectivity index (χ0) is 14.0. The third kappa shape index (κ3) is 3.53. The monoisotopic (exact) mass is 346 g/mol. The van der Waals surface area contributed by atoms with Crippen molar-refractivity contribution < 1.29 is 13.9 Å². The largest absolute Gasteiger partial charge is 0.388 e. The fourth-order valence-corrected chi connectivity index (χ4v) is 2.33.